The predicted octanol–water partition coefficient (Wildman–Crippen LogP) is 1.29. The lowest BCUT2D eigenvalue weighted by Gasteiger charge is -2.09. The molecule has 0 spiro atoms. The molecule has 0 amide bonds. The molecule has 0 unspecified atom stereocenters. The molecule has 1 aromatic heterocycles. The van der Waals surface area contributed by atoms with E-state index >= 15 is 0 Å². The van der Waals surface area contributed by atoms with E-state index in [4.69, 9.17) is 4.74 Å². The summed E-state index contributed by atoms with van der Waals surface area (Å²) in [6.45, 7) is 0. The van der Waals surface area contributed by atoms with Crippen molar-refractivity contribution in [3.63, 3.8) is 0 Å². The summed E-state index contributed by atoms with van der Waals surface area (Å²) in [5, 5.41) is 0. The van der Waals surface area contributed by atoms with Crippen LogP contribution < -0.4 is 9.46 Å². The molecular weight excluding hydrogens is 296 g/mol. The van der Waals surface area contributed by atoms with Crippen LogP contribution in [0.5, 0.6) is 5.88 Å². The molecule has 1 aliphatic carbocycles. The number of pyridine rings is 1. The summed E-state index contributed by atoms with van der Waals surface area (Å²) in [5.74, 6) is 0.108. The van der Waals surface area contributed by atoms with Crippen molar-refractivity contribution in [2.24, 2.45) is 0 Å². The highest BCUT2D eigenvalue weighted by atomic mass is 79.9. The topological polar surface area (TPSA) is 68.3 Å². The van der Waals surface area contributed by atoms with Crippen LogP contribution in [0.25, 0.3) is 0 Å². The molecule has 88 valence electrons. The molecule has 5 nitrogen and oxygen atoms in total. The van der Waals surface area contributed by atoms with Crippen LogP contribution >= 0.6 is 15.9 Å². The number of halogens is 1. The Hall–Kier alpha value is -0.660. The van der Waals surface area contributed by atoms with Gasteiger partial charge in [-0.05, 0) is 34.8 Å². The lowest BCUT2D eigenvalue weighted by Crippen LogP contribution is -2.26. The molecule has 2 rings (SSSR count). The van der Waals surface area contributed by atoms with Gasteiger partial charge in [0.15, 0.2) is 0 Å². The predicted molar refractivity (Wildman–Crippen MR) is 61.8 cm³/mol. The van der Waals surface area contributed by atoms with E-state index in [1.807, 2.05) is 0 Å². The summed E-state index contributed by atoms with van der Waals surface area (Å²) < 4.78 is 32.0. The maximum Gasteiger partial charge on any atom is 0.246 e. The molecule has 16 heavy (non-hydrogen) atoms. The highest BCUT2D eigenvalue weighted by Crippen LogP contribution is 2.27. The van der Waals surface area contributed by atoms with Gasteiger partial charge >= 0.3 is 0 Å². The quantitative estimate of drug-likeness (QED) is 0.910. The first-order valence-corrected chi connectivity index (χ1v) is 7.02. The Morgan fingerprint density at radius 3 is 2.81 bits per heavy atom. The van der Waals surface area contributed by atoms with E-state index in [9.17, 15) is 8.42 Å². The molecule has 1 heterocycles. The van der Waals surface area contributed by atoms with Crippen LogP contribution in [-0.2, 0) is 10.0 Å². The number of ether oxygens (including phenoxy) is 1. The monoisotopic (exact) mass is 306 g/mol. The Balaban J connectivity index is 2.40. The van der Waals surface area contributed by atoms with Crippen LogP contribution in [0.2, 0.25) is 0 Å². The minimum Gasteiger partial charge on any atom is -0.480 e. The Kier molecular flexibility index (Phi) is 3.18. The normalized spacial score (nSPS) is 16.1. The highest BCUT2D eigenvalue weighted by Gasteiger charge is 2.30. The van der Waals surface area contributed by atoms with Gasteiger partial charge < -0.3 is 4.74 Å². The van der Waals surface area contributed by atoms with Crippen LogP contribution in [0.15, 0.2) is 21.6 Å². The Labute approximate surface area is 102 Å². The molecule has 1 aliphatic rings. The lowest BCUT2D eigenvalue weighted by atomic mass is 10.5. The van der Waals surface area contributed by atoms with Crippen molar-refractivity contribution in [2.75, 3.05) is 7.11 Å². The van der Waals surface area contributed by atoms with Crippen molar-refractivity contribution in [2.45, 2.75) is 23.8 Å². The fourth-order valence-corrected chi connectivity index (χ4v) is 3.17. The summed E-state index contributed by atoms with van der Waals surface area (Å²) in [6, 6.07) is 1.55. The van der Waals surface area contributed by atoms with E-state index in [-0.39, 0.29) is 16.8 Å². The fourth-order valence-electron chi connectivity index (χ4n) is 1.24. The molecule has 0 saturated heterocycles. The zero-order valence-corrected chi connectivity index (χ0v) is 11.0. The molecule has 7 heteroatoms. The number of hydrogen-bond donors (Lipinski definition) is 1. The minimum absolute atomic E-state index is 0.0636. The second-order valence-electron chi connectivity index (χ2n) is 3.56. The van der Waals surface area contributed by atoms with E-state index in [1.54, 1.807) is 0 Å². The van der Waals surface area contributed by atoms with Gasteiger partial charge in [-0.15, -0.1) is 0 Å². The Morgan fingerprint density at radius 1 is 1.56 bits per heavy atom. The third-order valence-corrected chi connectivity index (χ3v) is 4.12. The number of aromatic nitrogens is 1. The first kappa shape index (κ1) is 11.8. The Bertz CT molecular complexity index is 499. The van der Waals surface area contributed by atoms with Crippen LogP contribution in [0, 0.1) is 0 Å². The molecule has 0 radical (unpaired) electrons. The van der Waals surface area contributed by atoms with Crippen molar-refractivity contribution in [1.82, 2.24) is 9.71 Å². The van der Waals surface area contributed by atoms with Gasteiger partial charge in [-0.25, -0.2) is 18.1 Å². The number of sulfonamides is 1. The maximum atomic E-state index is 12.0. The first-order valence-electron chi connectivity index (χ1n) is 4.75. The van der Waals surface area contributed by atoms with Gasteiger partial charge in [-0.1, -0.05) is 0 Å². The van der Waals surface area contributed by atoms with Crippen molar-refractivity contribution < 1.29 is 13.2 Å². The highest BCUT2D eigenvalue weighted by molar-refractivity contribution is 9.10. The Morgan fingerprint density at radius 2 is 2.25 bits per heavy atom. The molecule has 1 aromatic rings. The van der Waals surface area contributed by atoms with Gasteiger partial charge in [-0.3, -0.25) is 0 Å². The fraction of sp³-hybridized carbons (Fsp3) is 0.444. The minimum atomic E-state index is -3.53. The average molecular weight is 307 g/mol. The molecule has 0 aliphatic heterocycles. The summed E-state index contributed by atoms with van der Waals surface area (Å²) in [5.41, 5.74) is 0. The maximum absolute atomic E-state index is 12.0. The van der Waals surface area contributed by atoms with Crippen molar-refractivity contribution >= 4 is 26.0 Å². The van der Waals surface area contributed by atoms with Gasteiger partial charge in [0, 0.05) is 16.7 Å². The molecule has 0 bridgehead atoms. The smallest absolute Gasteiger partial charge is 0.246 e. The van der Waals surface area contributed by atoms with Gasteiger partial charge in [0.2, 0.25) is 15.9 Å². The standard InChI is InChI=1S/C9H11BrN2O3S/c1-15-9-8(4-6(10)5-11-9)16(13,14)12-7-2-3-7/h4-5,7,12H,2-3H2,1H3. The van der Waals surface area contributed by atoms with Crippen LogP contribution in [-0.4, -0.2) is 26.6 Å². The van der Waals surface area contributed by atoms with E-state index in [0.29, 0.717) is 4.47 Å². The largest absolute Gasteiger partial charge is 0.480 e. The summed E-state index contributed by atoms with van der Waals surface area (Å²) in [7, 11) is -2.13. The van der Waals surface area contributed by atoms with E-state index in [1.165, 1.54) is 19.4 Å². The van der Waals surface area contributed by atoms with Crippen LogP contribution in [0.3, 0.4) is 0 Å². The van der Waals surface area contributed by atoms with E-state index in [0.717, 1.165) is 12.8 Å². The number of rotatable bonds is 4. The van der Waals surface area contributed by atoms with Gasteiger partial charge in [0.1, 0.15) is 4.90 Å². The molecule has 0 atom stereocenters. The number of nitrogens with zero attached hydrogens (tertiary/aromatic N) is 1. The van der Waals surface area contributed by atoms with E-state index < -0.39 is 10.0 Å². The third kappa shape index (κ3) is 2.53. The van der Waals surface area contributed by atoms with Gasteiger partial charge in [0.05, 0.1) is 7.11 Å². The summed E-state index contributed by atoms with van der Waals surface area (Å²) in [4.78, 5) is 3.97. The van der Waals surface area contributed by atoms with Gasteiger partial charge in [0.25, 0.3) is 0 Å². The van der Waals surface area contributed by atoms with Crippen LogP contribution in [0.1, 0.15) is 12.8 Å². The lowest BCUT2D eigenvalue weighted by molar-refractivity contribution is 0.384. The molecule has 1 fully saturated rings. The second kappa shape index (κ2) is 4.31. The zero-order chi connectivity index (χ0) is 11.8. The van der Waals surface area contributed by atoms with Gasteiger partial charge in [-0.2, -0.15) is 0 Å². The average Bonchev–Trinajstić information content (AvgIpc) is 3.01. The summed E-state index contributed by atoms with van der Waals surface area (Å²) in [6.07, 6.45) is 3.28. The second-order valence-corrected chi connectivity index (χ2v) is 6.15. The molecule has 1 N–H and O–H groups in total. The SMILES string of the molecule is COc1ncc(Br)cc1S(=O)(=O)NC1CC1. The van der Waals surface area contributed by atoms with Crippen molar-refractivity contribution in [3.05, 3.63) is 16.7 Å². The van der Waals surface area contributed by atoms with Crippen LogP contribution in [0.4, 0.5) is 0 Å². The summed E-state index contributed by atoms with van der Waals surface area (Å²) >= 11 is 3.19. The third-order valence-electron chi connectivity index (χ3n) is 2.17. The van der Waals surface area contributed by atoms with Crippen molar-refractivity contribution in [3.8, 4) is 5.88 Å². The molecule has 0 aromatic carbocycles. The molecular formula is C9H11BrN2O3S. The number of nitrogens with one attached hydrogen (secondary N) is 1. The molecule has 1 saturated carbocycles. The van der Waals surface area contributed by atoms with E-state index in [2.05, 4.69) is 25.6 Å². The number of methoxy groups -OCH3 is 1. The van der Waals surface area contributed by atoms with Crippen molar-refractivity contribution in [1.29, 1.82) is 0 Å². The zero-order valence-electron chi connectivity index (χ0n) is 8.60. The first-order chi connectivity index (χ1) is 7.53. The number of hydrogen-bond acceptors (Lipinski definition) is 4.